The highest BCUT2D eigenvalue weighted by Gasteiger charge is 1.98. The topological polar surface area (TPSA) is 23.8 Å². The van der Waals surface area contributed by atoms with Gasteiger partial charge < -0.3 is 0 Å². The molecule has 1 aromatic heterocycles. The molecule has 0 unspecified atom stereocenters. The van der Waals surface area contributed by atoms with Crippen LogP contribution < -0.4 is 0 Å². The van der Waals surface area contributed by atoms with Crippen molar-refractivity contribution in [3.63, 3.8) is 0 Å². The van der Waals surface area contributed by atoms with E-state index in [2.05, 4.69) is 24.5 Å². The van der Waals surface area contributed by atoms with Gasteiger partial charge in [0.05, 0.1) is 0 Å². The van der Waals surface area contributed by atoms with Gasteiger partial charge >= 0.3 is 0 Å². The van der Waals surface area contributed by atoms with Crippen LogP contribution in [0.4, 0.5) is 0 Å². The molecule has 0 aromatic carbocycles. The first-order chi connectivity index (χ1) is 6.36. The number of nitrogens with zero attached hydrogens (tertiary/aromatic N) is 1. The SMILES string of the molecule is CCc1ccc(CCCSC#N)s1. The molecule has 0 N–H and O–H groups in total. The van der Waals surface area contributed by atoms with Crippen LogP contribution in [-0.2, 0) is 12.8 Å². The third-order valence-electron chi connectivity index (χ3n) is 1.80. The van der Waals surface area contributed by atoms with E-state index in [-0.39, 0.29) is 0 Å². The van der Waals surface area contributed by atoms with Crippen molar-refractivity contribution in [2.75, 3.05) is 5.75 Å². The van der Waals surface area contributed by atoms with Crippen LogP contribution in [0.2, 0.25) is 0 Å². The number of thiophene rings is 1. The lowest BCUT2D eigenvalue weighted by Gasteiger charge is -1.93. The van der Waals surface area contributed by atoms with Crippen molar-refractivity contribution in [3.05, 3.63) is 21.9 Å². The molecule has 0 spiro atoms. The fourth-order valence-electron chi connectivity index (χ4n) is 1.11. The Hall–Kier alpha value is -0.460. The highest BCUT2D eigenvalue weighted by Crippen LogP contribution is 2.18. The predicted molar refractivity (Wildman–Crippen MR) is 60.1 cm³/mol. The summed E-state index contributed by atoms with van der Waals surface area (Å²) in [6.07, 6.45) is 3.37. The predicted octanol–water partition coefficient (Wildman–Crippen LogP) is 3.46. The maximum atomic E-state index is 8.32. The Morgan fingerprint density at radius 3 is 2.85 bits per heavy atom. The van der Waals surface area contributed by atoms with E-state index in [1.165, 1.54) is 21.5 Å². The van der Waals surface area contributed by atoms with Crippen LogP contribution in [0.3, 0.4) is 0 Å². The van der Waals surface area contributed by atoms with Crippen LogP contribution in [-0.4, -0.2) is 5.75 Å². The van der Waals surface area contributed by atoms with Crippen LogP contribution in [0.5, 0.6) is 0 Å². The zero-order valence-corrected chi connectivity index (χ0v) is 9.38. The Bertz CT molecular complexity index is 285. The summed E-state index contributed by atoms with van der Waals surface area (Å²) >= 11 is 3.25. The van der Waals surface area contributed by atoms with E-state index in [1.54, 1.807) is 0 Å². The Morgan fingerprint density at radius 2 is 2.23 bits per heavy atom. The second kappa shape index (κ2) is 6.06. The molecule has 3 heteroatoms. The number of nitriles is 1. The van der Waals surface area contributed by atoms with Gasteiger partial charge in [0.1, 0.15) is 5.40 Å². The summed E-state index contributed by atoms with van der Waals surface area (Å²) in [5.74, 6) is 0.954. The van der Waals surface area contributed by atoms with Crippen molar-refractivity contribution in [2.45, 2.75) is 26.2 Å². The van der Waals surface area contributed by atoms with Gasteiger partial charge in [0.25, 0.3) is 0 Å². The third-order valence-corrected chi connectivity index (χ3v) is 3.71. The minimum atomic E-state index is 0.954. The van der Waals surface area contributed by atoms with Crippen LogP contribution in [0.15, 0.2) is 12.1 Å². The first-order valence-electron chi connectivity index (χ1n) is 4.45. The van der Waals surface area contributed by atoms with Gasteiger partial charge in [-0.3, -0.25) is 0 Å². The van der Waals surface area contributed by atoms with E-state index >= 15 is 0 Å². The third kappa shape index (κ3) is 3.84. The van der Waals surface area contributed by atoms with Crippen molar-refractivity contribution < 1.29 is 0 Å². The summed E-state index contributed by atoms with van der Waals surface area (Å²) in [5.41, 5.74) is 0. The van der Waals surface area contributed by atoms with Crippen LogP contribution in [0.25, 0.3) is 0 Å². The van der Waals surface area contributed by atoms with Gasteiger partial charge in [-0.25, -0.2) is 0 Å². The molecule has 1 rings (SSSR count). The molecule has 0 aliphatic carbocycles. The van der Waals surface area contributed by atoms with Gasteiger partial charge in [0.15, 0.2) is 0 Å². The fourth-order valence-corrected chi connectivity index (χ4v) is 2.49. The normalized spacial score (nSPS) is 9.85. The molecule has 13 heavy (non-hydrogen) atoms. The van der Waals surface area contributed by atoms with Crippen LogP contribution >= 0.6 is 23.1 Å². The van der Waals surface area contributed by atoms with Crippen molar-refractivity contribution in [1.82, 2.24) is 0 Å². The standard InChI is InChI=1S/C10H13NS2/c1-2-9-5-6-10(13-9)4-3-7-12-8-11/h5-6H,2-4,7H2,1H3. The number of thiocyanates is 1. The Balaban J connectivity index is 2.25. The first-order valence-corrected chi connectivity index (χ1v) is 6.25. The largest absolute Gasteiger partial charge is 0.185 e. The lowest BCUT2D eigenvalue weighted by atomic mass is 10.3. The van der Waals surface area contributed by atoms with Crippen molar-refractivity contribution >= 4 is 23.1 Å². The molecule has 70 valence electrons. The molecule has 0 saturated heterocycles. The minimum Gasteiger partial charge on any atom is -0.185 e. The van der Waals surface area contributed by atoms with Gasteiger partial charge in [0, 0.05) is 15.5 Å². The van der Waals surface area contributed by atoms with E-state index in [1.807, 2.05) is 11.3 Å². The number of thioether (sulfide) groups is 1. The molecule has 0 aliphatic heterocycles. The van der Waals surface area contributed by atoms with Gasteiger partial charge in [-0.15, -0.1) is 11.3 Å². The Morgan fingerprint density at radius 1 is 1.46 bits per heavy atom. The summed E-state index contributed by atoms with van der Waals surface area (Å²) < 4.78 is 0. The molecular formula is C10H13NS2. The van der Waals surface area contributed by atoms with Crippen molar-refractivity contribution in [3.8, 4) is 5.40 Å². The molecule has 0 bridgehead atoms. The Labute approximate surface area is 87.8 Å². The number of hydrogen-bond donors (Lipinski definition) is 0. The van der Waals surface area contributed by atoms with Gasteiger partial charge in [0.2, 0.25) is 0 Å². The van der Waals surface area contributed by atoms with Gasteiger partial charge in [-0.05, 0) is 43.2 Å². The molecule has 0 fully saturated rings. The summed E-state index contributed by atoms with van der Waals surface area (Å²) in [4.78, 5) is 2.92. The van der Waals surface area contributed by atoms with Crippen LogP contribution in [0, 0.1) is 10.7 Å². The van der Waals surface area contributed by atoms with Crippen molar-refractivity contribution in [2.24, 2.45) is 0 Å². The van der Waals surface area contributed by atoms with E-state index in [4.69, 9.17) is 5.26 Å². The van der Waals surface area contributed by atoms with Gasteiger partial charge in [-0.1, -0.05) is 6.92 Å². The fraction of sp³-hybridized carbons (Fsp3) is 0.500. The van der Waals surface area contributed by atoms with E-state index < -0.39 is 0 Å². The second-order valence-corrected chi connectivity index (χ2v) is 4.90. The molecule has 0 radical (unpaired) electrons. The highest BCUT2D eigenvalue weighted by atomic mass is 32.2. The van der Waals surface area contributed by atoms with Gasteiger partial charge in [-0.2, -0.15) is 5.26 Å². The smallest absolute Gasteiger partial charge is 0.133 e. The molecule has 0 amide bonds. The quantitative estimate of drug-likeness (QED) is 0.550. The average molecular weight is 211 g/mol. The number of hydrogen-bond acceptors (Lipinski definition) is 3. The van der Waals surface area contributed by atoms with E-state index in [0.29, 0.717) is 0 Å². The highest BCUT2D eigenvalue weighted by molar-refractivity contribution is 8.03. The summed E-state index contributed by atoms with van der Waals surface area (Å²) in [6, 6.07) is 4.41. The van der Waals surface area contributed by atoms with Crippen LogP contribution in [0.1, 0.15) is 23.1 Å². The second-order valence-electron chi connectivity index (χ2n) is 2.76. The molecule has 0 saturated carbocycles. The molecular weight excluding hydrogens is 198 g/mol. The monoisotopic (exact) mass is 211 g/mol. The van der Waals surface area contributed by atoms with E-state index in [0.717, 1.165) is 25.0 Å². The minimum absolute atomic E-state index is 0.954. The molecule has 1 aromatic rings. The molecule has 0 atom stereocenters. The maximum Gasteiger partial charge on any atom is 0.133 e. The number of aryl methyl sites for hydroxylation is 2. The zero-order chi connectivity index (χ0) is 9.52. The first kappa shape index (κ1) is 10.6. The number of rotatable bonds is 5. The van der Waals surface area contributed by atoms with Crippen molar-refractivity contribution in [1.29, 1.82) is 5.26 Å². The summed E-state index contributed by atoms with van der Waals surface area (Å²) in [5, 5.41) is 10.4. The lowest BCUT2D eigenvalue weighted by molar-refractivity contribution is 0.954. The zero-order valence-electron chi connectivity index (χ0n) is 7.75. The summed E-state index contributed by atoms with van der Waals surface area (Å²) in [7, 11) is 0. The lowest BCUT2D eigenvalue weighted by Crippen LogP contribution is -1.82. The maximum absolute atomic E-state index is 8.32. The van der Waals surface area contributed by atoms with E-state index in [9.17, 15) is 0 Å². The summed E-state index contributed by atoms with van der Waals surface area (Å²) in [6.45, 7) is 2.18. The average Bonchev–Trinajstić information content (AvgIpc) is 2.60. The molecule has 1 nitrogen and oxygen atoms in total. The Kier molecular flexibility index (Phi) is 4.95. The molecule has 1 heterocycles. The molecule has 0 aliphatic rings.